The lowest BCUT2D eigenvalue weighted by Gasteiger charge is -2.02. The minimum atomic E-state index is -0.698. The molecule has 2 rings (SSSR count). The maximum absolute atomic E-state index is 11.4. The van der Waals surface area contributed by atoms with Crippen molar-refractivity contribution in [2.75, 3.05) is 6.61 Å². The van der Waals surface area contributed by atoms with Gasteiger partial charge in [0.25, 0.3) is 5.56 Å². The van der Waals surface area contributed by atoms with Gasteiger partial charge in [0.2, 0.25) is 0 Å². The van der Waals surface area contributed by atoms with E-state index < -0.39 is 17.2 Å². The van der Waals surface area contributed by atoms with E-state index in [2.05, 4.69) is 15.3 Å². The molecule has 0 aliphatic rings. The summed E-state index contributed by atoms with van der Waals surface area (Å²) in [6.07, 6.45) is 1.33. The summed E-state index contributed by atoms with van der Waals surface area (Å²) in [6, 6.07) is 0. The zero-order chi connectivity index (χ0) is 14.7. The zero-order valence-electron chi connectivity index (χ0n) is 10.3. The van der Waals surface area contributed by atoms with Crippen molar-refractivity contribution in [1.82, 2.24) is 25.0 Å². The summed E-state index contributed by atoms with van der Waals surface area (Å²) in [4.78, 5) is 38.3. The Balaban J connectivity index is 2.25. The number of hydrogen-bond donors (Lipinski definition) is 2. The average molecular weight is 300 g/mol. The lowest BCUT2D eigenvalue weighted by Crippen LogP contribution is -2.25. The Morgan fingerprint density at radius 3 is 2.90 bits per heavy atom. The van der Waals surface area contributed by atoms with Crippen LogP contribution in [-0.4, -0.2) is 37.5 Å². The first-order valence-corrected chi connectivity index (χ1v) is 5.97. The summed E-state index contributed by atoms with van der Waals surface area (Å²) in [5.41, 5.74) is -1.19. The second-order valence-electron chi connectivity index (χ2n) is 3.72. The molecule has 0 radical (unpaired) electrons. The molecule has 0 amide bonds. The number of esters is 1. The molecule has 2 N–H and O–H groups in total. The van der Waals surface area contributed by atoms with E-state index in [9.17, 15) is 14.4 Å². The molecule has 0 aliphatic heterocycles. The van der Waals surface area contributed by atoms with Crippen LogP contribution in [-0.2, 0) is 11.3 Å². The van der Waals surface area contributed by atoms with Crippen LogP contribution in [0.2, 0.25) is 5.02 Å². The van der Waals surface area contributed by atoms with E-state index in [0.717, 1.165) is 0 Å². The van der Waals surface area contributed by atoms with Crippen LogP contribution < -0.4 is 11.2 Å². The molecular formula is C10H10ClN5O4. The number of aromatic nitrogens is 5. The first kappa shape index (κ1) is 14.0. The fourth-order valence-electron chi connectivity index (χ4n) is 1.46. The number of nitrogens with zero attached hydrogens (tertiary/aromatic N) is 3. The molecule has 10 heteroatoms. The van der Waals surface area contributed by atoms with Crippen LogP contribution in [0.4, 0.5) is 0 Å². The second-order valence-corrected chi connectivity index (χ2v) is 4.10. The molecule has 0 fully saturated rings. The largest absolute Gasteiger partial charge is 0.461 e. The van der Waals surface area contributed by atoms with Crippen molar-refractivity contribution >= 4 is 17.6 Å². The number of nitrogens with one attached hydrogen (secondary N) is 2. The Morgan fingerprint density at radius 1 is 1.45 bits per heavy atom. The molecule has 2 aromatic rings. The number of H-pyrrole nitrogens is 2. The Hall–Kier alpha value is -2.42. The second kappa shape index (κ2) is 5.70. The highest BCUT2D eigenvalue weighted by molar-refractivity contribution is 6.30. The standard InChI is InChI=1S/C10H10ClN5O4/c1-2-20-9(18)6-4-16(15-14-6)3-5-7(11)8(17)13-10(19)12-5/h4H,2-3H2,1H3,(H2,12,13,17,19). The number of carbonyl (C=O) groups excluding carboxylic acids is 1. The van der Waals surface area contributed by atoms with Gasteiger partial charge in [0.05, 0.1) is 25.0 Å². The number of hydrogen-bond acceptors (Lipinski definition) is 6. The summed E-state index contributed by atoms with van der Waals surface area (Å²) in [7, 11) is 0. The molecule has 0 saturated heterocycles. The molecule has 0 aliphatic carbocycles. The van der Waals surface area contributed by atoms with Crippen molar-refractivity contribution in [3.05, 3.63) is 43.4 Å². The average Bonchev–Trinajstić information content (AvgIpc) is 2.84. The summed E-state index contributed by atoms with van der Waals surface area (Å²) < 4.78 is 6.01. The molecule has 2 heterocycles. The van der Waals surface area contributed by atoms with Crippen LogP contribution in [0.15, 0.2) is 15.8 Å². The van der Waals surface area contributed by atoms with E-state index in [-0.39, 0.29) is 29.6 Å². The summed E-state index contributed by atoms with van der Waals surface area (Å²) in [6.45, 7) is 1.88. The molecule has 20 heavy (non-hydrogen) atoms. The molecule has 0 bridgehead atoms. The van der Waals surface area contributed by atoms with E-state index >= 15 is 0 Å². The highest BCUT2D eigenvalue weighted by Gasteiger charge is 2.13. The van der Waals surface area contributed by atoms with Gasteiger partial charge in [0, 0.05) is 0 Å². The van der Waals surface area contributed by atoms with Crippen molar-refractivity contribution in [3.8, 4) is 0 Å². The Kier molecular flexibility index (Phi) is 3.99. The maximum atomic E-state index is 11.4. The first-order chi connectivity index (χ1) is 9.51. The Labute approximate surface area is 116 Å². The molecule has 2 aromatic heterocycles. The van der Waals surface area contributed by atoms with Gasteiger partial charge in [0.15, 0.2) is 5.69 Å². The Bertz CT molecular complexity index is 747. The molecule has 0 spiro atoms. The topological polar surface area (TPSA) is 123 Å². The predicted octanol–water partition coefficient (Wildman–Crippen LogP) is -0.467. The van der Waals surface area contributed by atoms with Gasteiger partial charge in [0.1, 0.15) is 5.02 Å². The van der Waals surface area contributed by atoms with Gasteiger partial charge in [-0.25, -0.2) is 14.3 Å². The van der Waals surface area contributed by atoms with Gasteiger partial charge in [-0.15, -0.1) is 5.10 Å². The molecule has 0 saturated carbocycles. The first-order valence-electron chi connectivity index (χ1n) is 5.59. The van der Waals surface area contributed by atoms with E-state index in [4.69, 9.17) is 16.3 Å². The van der Waals surface area contributed by atoms with Crippen LogP contribution >= 0.6 is 11.6 Å². The van der Waals surface area contributed by atoms with Gasteiger partial charge >= 0.3 is 11.7 Å². The number of ether oxygens (including phenoxy) is 1. The highest BCUT2D eigenvalue weighted by Crippen LogP contribution is 2.07. The molecule has 0 atom stereocenters. The minimum absolute atomic E-state index is 0.00953. The van der Waals surface area contributed by atoms with Crippen molar-refractivity contribution in [3.63, 3.8) is 0 Å². The molecule has 9 nitrogen and oxygen atoms in total. The van der Waals surface area contributed by atoms with Crippen molar-refractivity contribution in [2.45, 2.75) is 13.5 Å². The third-order valence-electron chi connectivity index (χ3n) is 2.30. The fraction of sp³-hybridized carbons (Fsp3) is 0.300. The van der Waals surface area contributed by atoms with Crippen molar-refractivity contribution < 1.29 is 9.53 Å². The van der Waals surface area contributed by atoms with E-state index in [1.165, 1.54) is 10.9 Å². The normalized spacial score (nSPS) is 10.5. The lowest BCUT2D eigenvalue weighted by atomic mass is 10.4. The minimum Gasteiger partial charge on any atom is -0.461 e. The quantitative estimate of drug-likeness (QED) is 0.736. The number of halogens is 1. The SMILES string of the molecule is CCOC(=O)c1cn(Cc2[nH]c(=O)[nH]c(=O)c2Cl)nn1. The van der Waals surface area contributed by atoms with Gasteiger partial charge in [-0.05, 0) is 6.92 Å². The lowest BCUT2D eigenvalue weighted by molar-refractivity contribution is 0.0519. The van der Waals surface area contributed by atoms with Crippen LogP contribution in [0.1, 0.15) is 23.1 Å². The summed E-state index contributed by atoms with van der Waals surface area (Å²) in [5, 5.41) is 7.16. The van der Waals surface area contributed by atoms with E-state index in [1.807, 2.05) is 4.98 Å². The molecule has 0 unspecified atom stereocenters. The molecule has 106 valence electrons. The van der Waals surface area contributed by atoms with Crippen LogP contribution in [0.5, 0.6) is 0 Å². The third kappa shape index (κ3) is 2.94. The molecule has 0 aromatic carbocycles. The van der Waals surface area contributed by atoms with Crippen LogP contribution in [0.25, 0.3) is 0 Å². The summed E-state index contributed by atoms with van der Waals surface area (Å²) in [5.74, 6) is -0.607. The van der Waals surface area contributed by atoms with E-state index in [1.54, 1.807) is 6.92 Å². The third-order valence-corrected chi connectivity index (χ3v) is 2.70. The smallest absolute Gasteiger partial charge is 0.360 e. The predicted molar refractivity (Wildman–Crippen MR) is 67.8 cm³/mol. The Morgan fingerprint density at radius 2 is 2.20 bits per heavy atom. The van der Waals surface area contributed by atoms with Crippen molar-refractivity contribution in [2.24, 2.45) is 0 Å². The number of carbonyl (C=O) groups is 1. The maximum Gasteiger partial charge on any atom is 0.360 e. The zero-order valence-corrected chi connectivity index (χ0v) is 11.1. The monoisotopic (exact) mass is 299 g/mol. The van der Waals surface area contributed by atoms with Gasteiger partial charge in [-0.3, -0.25) is 9.78 Å². The van der Waals surface area contributed by atoms with Crippen molar-refractivity contribution in [1.29, 1.82) is 0 Å². The van der Waals surface area contributed by atoms with Gasteiger partial charge in [-0.2, -0.15) is 0 Å². The van der Waals surface area contributed by atoms with E-state index in [0.29, 0.717) is 0 Å². The number of rotatable bonds is 4. The fourth-order valence-corrected chi connectivity index (χ4v) is 1.62. The van der Waals surface area contributed by atoms with Crippen LogP contribution in [0.3, 0.4) is 0 Å². The van der Waals surface area contributed by atoms with Gasteiger partial charge in [-0.1, -0.05) is 16.8 Å². The molecular weight excluding hydrogens is 290 g/mol. The number of aromatic amines is 2. The van der Waals surface area contributed by atoms with Gasteiger partial charge < -0.3 is 9.72 Å². The summed E-state index contributed by atoms with van der Waals surface area (Å²) >= 11 is 5.77. The highest BCUT2D eigenvalue weighted by atomic mass is 35.5. The van der Waals surface area contributed by atoms with Crippen LogP contribution in [0, 0.1) is 0 Å².